The fraction of sp³-hybridized carbons (Fsp3) is 0.200. The Hall–Kier alpha value is -3.94. The highest BCUT2D eigenvalue weighted by molar-refractivity contribution is 5.90. The summed E-state index contributed by atoms with van der Waals surface area (Å²) in [6.45, 7) is 0.477. The van der Waals surface area contributed by atoms with Gasteiger partial charge in [0.15, 0.2) is 5.58 Å². The van der Waals surface area contributed by atoms with Crippen LogP contribution in [0.2, 0.25) is 0 Å². The maximum absolute atomic E-state index is 14.0. The molecule has 0 bridgehead atoms. The second-order valence-electron chi connectivity index (χ2n) is 7.84. The van der Waals surface area contributed by atoms with E-state index in [0.29, 0.717) is 30.0 Å². The number of hydrogen-bond donors (Lipinski definition) is 1. The molecule has 2 heterocycles. The van der Waals surface area contributed by atoms with E-state index in [1.54, 1.807) is 12.0 Å². The molecule has 5 rings (SSSR count). The van der Waals surface area contributed by atoms with Crippen molar-refractivity contribution in [1.29, 1.82) is 0 Å². The Kier molecular flexibility index (Phi) is 5.42. The van der Waals surface area contributed by atoms with E-state index in [1.165, 1.54) is 6.07 Å². The van der Waals surface area contributed by atoms with E-state index >= 15 is 0 Å². The number of halogens is 2. The van der Waals surface area contributed by atoms with Gasteiger partial charge in [0.25, 0.3) is 0 Å². The number of carbonyl (C=O) groups excluding carboxylic acids is 1. The predicted octanol–water partition coefficient (Wildman–Crippen LogP) is 6.15. The van der Waals surface area contributed by atoms with Gasteiger partial charge in [0.1, 0.15) is 28.9 Å². The van der Waals surface area contributed by atoms with Crippen LogP contribution >= 0.6 is 0 Å². The number of likely N-dealkylation sites (tertiary alicyclic amines) is 1. The monoisotopic (exact) mass is 449 g/mol. The number of nitrogens with one attached hydrogen (secondary N) is 1. The zero-order valence-corrected chi connectivity index (χ0v) is 17.8. The maximum atomic E-state index is 14.0. The number of fused-ring (bicyclic) bond motifs is 1. The van der Waals surface area contributed by atoms with Crippen LogP contribution in [0.25, 0.3) is 22.2 Å². The second-order valence-corrected chi connectivity index (χ2v) is 7.84. The number of aromatic nitrogens is 1. The number of amides is 2. The highest BCUT2D eigenvalue weighted by atomic mass is 19.1. The quantitative estimate of drug-likeness (QED) is 0.406. The van der Waals surface area contributed by atoms with Crippen LogP contribution in [0.5, 0.6) is 5.75 Å². The first-order chi connectivity index (χ1) is 16.0. The molecule has 33 heavy (non-hydrogen) atoms. The van der Waals surface area contributed by atoms with Gasteiger partial charge in [-0.15, -0.1) is 0 Å². The third-order valence-corrected chi connectivity index (χ3v) is 5.79. The lowest BCUT2D eigenvalue weighted by molar-refractivity contribution is 0.198. The van der Waals surface area contributed by atoms with Crippen molar-refractivity contribution >= 4 is 22.8 Å². The van der Waals surface area contributed by atoms with Crippen LogP contribution in [-0.4, -0.2) is 29.6 Å². The number of benzene rings is 3. The van der Waals surface area contributed by atoms with Gasteiger partial charge in [-0.2, -0.15) is 0 Å². The highest BCUT2D eigenvalue weighted by Crippen LogP contribution is 2.36. The molecule has 1 aliphatic rings. The normalized spacial score (nSPS) is 15.7. The van der Waals surface area contributed by atoms with Gasteiger partial charge in [-0.3, -0.25) is 0 Å². The number of rotatable bonds is 4. The summed E-state index contributed by atoms with van der Waals surface area (Å²) in [5.41, 5.74) is 3.08. The van der Waals surface area contributed by atoms with E-state index < -0.39 is 17.7 Å². The van der Waals surface area contributed by atoms with Crippen LogP contribution in [0.4, 0.5) is 19.3 Å². The van der Waals surface area contributed by atoms with E-state index in [-0.39, 0.29) is 11.7 Å². The van der Waals surface area contributed by atoms with Gasteiger partial charge in [0.05, 0.1) is 12.8 Å². The molecule has 0 spiro atoms. The lowest BCUT2D eigenvalue weighted by Crippen LogP contribution is -2.34. The van der Waals surface area contributed by atoms with Crippen LogP contribution < -0.4 is 10.1 Å². The number of hydrogen-bond acceptors (Lipinski definition) is 4. The molecule has 168 valence electrons. The summed E-state index contributed by atoms with van der Waals surface area (Å²) >= 11 is 0. The molecule has 1 N–H and O–H groups in total. The molecule has 1 aromatic heterocycles. The summed E-state index contributed by atoms with van der Waals surface area (Å²) in [7, 11) is 1.63. The molecule has 4 aromatic rings. The van der Waals surface area contributed by atoms with Gasteiger partial charge in [0, 0.05) is 18.2 Å². The summed E-state index contributed by atoms with van der Waals surface area (Å²) < 4.78 is 38.6. The molecule has 0 aliphatic carbocycles. The van der Waals surface area contributed by atoms with E-state index in [2.05, 4.69) is 10.3 Å². The van der Waals surface area contributed by atoms with Crippen LogP contribution in [0.3, 0.4) is 0 Å². The predicted molar refractivity (Wildman–Crippen MR) is 120 cm³/mol. The molecule has 6 nitrogen and oxygen atoms in total. The van der Waals surface area contributed by atoms with Crippen molar-refractivity contribution in [2.45, 2.75) is 18.9 Å². The minimum absolute atomic E-state index is 0.0777. The third-order valence-electron chi connectivity index (χ3n) is 5.79. The third kappa shape index (κ3) is 4.00. The van der Waals surface area contributed by atoms with Gasteiger partial charge >= 0.3 is 6.03 Å². The average molecular weight is 449 g/mol. The van der Waals surface area contributed by atoms with Crippen LogP contribution in [0, 0.1) is 11.6 Å². The molecule has 1 aliphatic heterocycles. The first kappa shape index (κ1) is 20.9. The Bertz CT molecular complexity index is 1340. The molecule has 1 fully saturated rings. The number of nitrogens with zero attached hydrogens (tertiary/aromatic N) is 2. The van der Waals surface area contributed by atoms with Gasteiger partial charge in [-0.05, 0) is 48.7 Å². The Labute approximate surface area is 188 Å². The first-order valence-corrected chi connectivity index (χ1v) is 10.6. The van der Waals surface area contributed by atoms with Crippen molar-refractivity contribution in [1.82, 2.24) is 9.88 Å². The smallest absolute Gasteiger partial charge is 0.322 e. The minimum atomic E-state index is -0.829. The molecule has 0 unspecified atom stereocenters. The molecule has 1 atom stereocenters. The number of carbonyl (C=O) groups is 1. The Balaban J connectivity index is 1.41. The standard InChI is InChI=1S/C25H21F2N3O3/c1-32-22-7-3-2-5-17(22)15-8-11-23-20(13-15)28-24(33-23)21-6-4-12-30(21)25(31)29-19-10-9-16(26)14-18(19)27/h2-3,5,7-11,13-14,21H,4,6,12H2,1H3,(H,29,31)/t21-/m0/s1. The SMILES string of the molecule is COc1ccccc1-c1ccc2oc([C@@H]3CCCN3C(=O)Nc3ccc(F)cc3F)nc2c1. The van der Waals surface area contributed by atoms with Gasteiger partial charge < -0.3 is 19.4 Å². The number of ether oxygens (including phenoxy) is 1. The molecular formula is C25H21F2N3O3. The van der Waals surface area contributed by atoms with Gasteiger partial charge in [0.2, 0.25) is 5.89 Å². The number of methoxy groups -OCH3 is 1. The molecule has 8 heteroatoms. The lowest BCUT2D eigenvalue weighted by atomic mass is 10.0. The van der Waals surface area contributed by atoms with Crippen molar-refractivity contribution in [3.63, 3.8) is 0 Å². The summed E-state index contributed by atoms with van der Waals surface area (Å²) in [5, 5.41) is 2.52. The number of urea groups is 1. The fourth-order valence-corrected chi connectivity index (χ4v) is 4.18. The van der Waals surface area contributed by atoms with E-state index in [0.717, 1.165) is 35.4 Å². The fourth-order valence-electron chi connectivity index (χ4n) is 4.18. The van der Waals surface area contributed by atoms with E-state index in [4.69, 9.17) is 9.15 Å². The molecule has 0 saturated carbocycles. The van der Waals surface area contributed by atoms with Crippen molar-refractivity contribution in [3.05, 3.63) is 78.2 Å². The Morgan fingerprint density at radius 3 is 2.82 bits per heavy atom. The molecule has 0 radical (unpaired) electrons. The first-order valence-electron chi connectivity index (χ1n) is 10.6. The summed E-state index contributed by atoms with van der Waals surface area (Å²) in [4.78, 5) is 19.0. The number of para-hydroxylation sites is 1. The van der Waals surface area contributed by atoms with E-state index in [1.807, 2.05) is 42.5 Å². The van der Waals surface area contributed by atoms with Crippen LogP contribution in [-0.2, 0) is 0 Å². The minimum Gasteiger partial charge on any atom is -0.496 e. The Morgan fingerprint density at radius 1 is 1.15 bits per heavy atom. The summed E-state index contributed by atoms with van der Waals surface area (Å²) in [5.74, 6) is -0.352. The van der Waals surface area contributed by atoms with Gasteiger partial charge in [-0.1, -0.05) is 24.3 Å². The average Bonchev–Trinajstić information content (AvgIpc) is 3.47. The van der Waals surface area contributed by atoms with Crippen molar-refractivity contribution < 1.29 is 22.7 Å². The second kappa shape index (κ2) is 8.54. The zero-order valence-electron chi connectivity index (χ0n) is 17.8. The van der Waals surface area contributed by atoms with Crippen molar-refractivity contribution in [2.75, 3.05) is 19.0 Å². The van der Waals surface area contributed by atoms with Crippen molar-refractivity contribution in [3.8, 4) is 16.9 Å². The number of anilines is 1. The topological polar surface area (TPSA) is 67.6 Å². The molecule has 3 aromatic carbocycles. The molecule has 2 amide bonds. The van der Waals surface area contributed by atoms with Crippen molar-refractivity contribution in [2.24, 2.45) is 0 Å². The lowest BCUT2D eigenvalue weighted by Gasteiger charge is -2.22. The van der Waals surface area contributed by atoms with Crippen LogP contribution in [0.1, 0.15) is 24.8 Å². The summed E-state index contributed by atoms with van der Waals surface area (Å²) in [6, 6.07) is 15.6. The zero-order chi connectivity index (χ0) is 22.9. The molecular weight excluding hydrogens is 428 g/mol. The van der Waals surface area contributed by atoms with Crippen LogP contribution in [0.15, 0.2) is 65.1 Å². The highest BCUT2D eigenvalue weighted by Gasteiger charge is 2.34. The molecule has 1 saturated heterocycles. The number of oxazole rings is 1. The largest absolute Gasteiger partial charge is 0.496 e. The van der Waals surface area contributed by atoms with Gasteiger partial charge in [-0.25, -0.2) is 18.6 Å². The maximum Gasteiger partial charge on any atom is 0.322 e. The summed E-state index contributed by atoms with van der Waals surface area (Å²) in [6.07, 6.45) is 1.43. The van der Waals surface area contributed by atoms with E-state index in [9.17, 15) is 13.6 Å². The Morgan fingerprint density at radius 2 is 2.00 bits per heavy atom.